The molecule has 0 radical (unpaired) electrons. The molecule has 0 saturated heterocycles. The highest BCUT2D eigenvalue weighted by Crippen LogP contribution is 2.31. The maximum atomic E-state index is 12.7. The van der Waals surface area contributed by atoms with Crippen LogP contribution in [0.1, 0.15) is 6.92 Å². The molecule has 1 aromatic carbocycles. The third-order valence-corrected chi connectivity index (χ3v) is 2.30. The van der Waals surface area contributed by atoms with Crippen LogP contribution in [0.5, 0.6) is 5.75 Å². The van der Waals surface area contributed by atoms with E-state index in [4.69, 9.17) is 4.74 Å². The minimum absolute atomic E-state index is 0.0272. The summed E-state index contributed by atoms with van der Waals surface area (Å²) in [7, 11) is 0. The third-order valence-electron chi connectivity index (χ3n) is 2.30. The number of anilines is 1. The van der Waals surface area contributed by atoms with E-state index in [1.807, 2.05) is 0 Å². The van der Waals surface area contributed by atoms with Gasteiger partial charge in [0.15, 0.2) is 5.75 Å². The zero-order valence-corrected chi connectivity index (χ0v) is 10.4. The van der Waals surface area contributed by atoms with Crippen molar-refractivity contribution in [3.63, 3.8) is 0 Å². The summed E-state index contributed by atoms with van der Waals surface area (Å²) in [4.78, 5) is 10.0. The Labute approximate surface area is 111 Å². The number of ether oxygens (including phenoxy) is 1. The monoisotopic (exact) mass is 296 g/mol. The van der Waals surface area contributed by atoms with Gasteiger partial charge in [-0.1, -0.05) is 0 Å². The number of hydrogen-bond donors (Lipinski definition) is 1. The average molecular weight is 296 g/mol. The first-order chi connectivity index (χ1) is 9.27. The highest BCUT2D eigenvalue weighted by atomic mass is 19.3. The molecule has 0 aliphatic carbocycles. The molecule has 0 aliphatic heterocycles. The van der Waals surface area contributed by atoms with Crippen LogP contribution in [0.3, 0.4) is 0 Å². The van der Waals surface area contributed by atoms with E-state index in [1.165, 1.54) is 0 Å². The predicted molar refractivity (Wildman–Crippen MR) is 63.7 cm³/mol. The van der Waals surface area contributed by atoms with Gasteiger partial charge in [0.25, 0.3) is 0 Å². The van der Waals surface area contributed by atoms with Crippen molar-refractivity contribution in [2.75, 3.05) is 18.5 Å². The van der Waals surface area contributed by atoms with Crippen molar-refractivity contribution in [2.45, 2.75) is 19.3 Å². The molecule has 0 saturated carbocycles. The molecular weight excluding hydrogens is 284 g/mol. The summed E-state index contributed by atoms with van der Waals surface area (Å²) in [6.07, 6.45) is -3.79. The quantitative estimate of drug-likeness (QED) is 0.476. The third kappa shape index (κ3) is 3.97. The van der Waals surface area contributed by atoms with Crippen LogP contribution in [-0.4, -0.2) is 30.4 Å². The summed E-state index contributed by atoms with van der Waals surface area (Å²) in [5.74, 6) is -4.31. The molecule has 20 heavy (non-hydrogen) atoms. The van der Waals surface area contributed by atoms with Crippen LogP contribution in [0.15, 0.2) is 18.2 Å². The molecule has 0 bridgehead atoms. The minimum Gasteiger partial charge on any atom is -0.487 e. The molecule has 0 heterocycles. The van der Waals surface area contributed by atoms with Crippen molar-refractivity contribution >= 4 is 11.4 Å². The Morgan fingerprint density at radius 1 is 1.45 bits per heavy atom. The molecule has 1 aromatic rings. The lowest BCUT2D eigenvalue weighted by Crippen LogP contribution is -2.34. The standard InChI is InChI=1S/C11H12F4N2O3/c1-2-20-9-5-7(3-4-8(9)17(18)19)16-6-11(14,15)10(12)13/h3-5,10,16H,2,6H2,1H3. The SMILES string of the molecule is CCOc1cc(NCC(F)(F)C(F)F)ccc1[N+](=O)[O-]. The Kier molecular flexibility index (Phi) is 5.12. The second kappa shape index (κ2) is 6.40. The molecule has 0 amide bonds. The smallest absolute Gasteiger partial charge is 0.324 e. The van der Waals surface area contributed by atoms with Crippen LogP contribution in [-0.2, 0) is 0 Å². The number of alkyl halides is 4. The number of nitrogens with zero attached hydrogens (tertiary/aromatic N) is 1. The van der Waals surface area contributed by atoms with Crippen LogP contribution in [0.2, 0.25) is 0 Å². The second-order valence-electron chi connectivity index (χ2n) is 3.79. The van der Waals surface area contributed by atoms with Gasteiger partial charge in [-0.15, -0.1) is 0 Å². The zero-order valence-electron chi connectivity index (χ0n) is 10.4. The largest absolute Gasteiger partial charge is 0.487 e. The van der Waals surface area contributed by atoms with Crippen LogP contribution in [0.25, 0.3) is 0 Å². The van der Waals surface area contributed by atoms with E-state index >= 15 is 0 Å². The van der Waals surface area contributed by atoms with E-state index in [0.29, 0.717) is 0 Å². The Hall–Kier alpha value is -2.06. The van der Waals surface area contributed by atoms with Crippen molar-refractivity contribution in [2.24, 2.45) is 0 Å². The van der Waals surface area contributed by atoms with E-state index in [-0.39, 0.29) is 23.7 Å². The fourth-order valence-corrected chi connectivity index (χ4v) is 1.34. The first-order valence-electron chi connectivity index (χ1n) is 5.59. The van der Waals surface area contributed by atoms with Crippen molar-refractivity contribution in [3.8, 4) is 5.75 Å². The number of benzene rings is 1. The highest BCUT2D eigenvalue weighted by molar-refractivity contribution is 5.58. The van der Waals surface area contributed by atoms with E-state index < -0.39 is 23.8 Å². The van der Waals surface area contributed by atoms with Gasteiger partial charge in [0.2, 0.25) is 0 Å². The number of nitro groups is 1. The second-order valence-corrected chi connectivity index (χ2v) is 3.79. The predicted octanol–water partition coefficient (Wildman–Crippen LogP) is 3.31. The Morgan fingerprint density at radius 2 is 2.10 bits per heavy atom. The zero-order chi connectivity index (χ0) is 15.3. The molecule has 5 nitrogen and oxygen atoms in total. The van der Waals surface area contributed by atoms with E-state index in [1.54, 1.807) is 6.92 Å². The first kappa shape index (κ1) is 16.0. The molecule has 9 heteroatoms. The normalized spacial score (nSPS) is 11.5. The fourth-order valence-electron chi connectivity index (χ4n) is 1.34. The number of halogens is 4. The molecule has 1 rings (SSSR count). The molecule has 0 spiro atoms. The number of nitrogens with one attached hydrogen (secondary N) is 1. The van der Waals surface area contributed by atoms with E-state index in [2.05, 4.69) is 5.32 Å². The number of nitro benzene ring substituents is 1. The van der Waals surface area contributed by atoms with Crippen LogP contribution >= 0.6 is 0 Å². The summed E-state index contributed by atoms with van der Waals surface area (Å²) in [5.41, 5.74) is -0.308. The van der Waals surface area contributed by atoms with Crippen molar-refractivity contribution in [1.29, 1.82) is 0 Å². The molecular formula is C11H12F4N2O3. The molecule has 112 valence electrons. The van der Waals surface area contributed by atoms with Gasteiger partial charge in [0, 0.05) is 17.8 Å². The fraction of sp³-hybridized carbons (Fsp3) is 0.455. The minimum atomic E-state index is -4.19. The van der Waals surface area contributed by atoms with Gasteiger partial charge in [-0.3, -0.25) is 10.1 Å². The molecule has 0 atom stereocenters. The lowest BCUT2D eigenvalue weighted by molar-refractivity contribution is -0.385. The van der Waals surface area contributed by atoms with Gasteiger partial charge in [-0.05, 0) is 13.0 Å². The Bertz CT molecular complexity index is 483. The average Bonchev–Trinajstić information content (AvgIpc) is 2.36. The van der Waals surface area contributed by atoms with Gasteiger partial charge in [-0.2, -0.15) is 8.78 Å². The van der Waals surface area contributed by atoms with Gasteiger partial charge >= 0.3 is 18.0 Å². The van der Waals surface area contributed by atoms with E-state index in [0.717, 1.165) is 18.2 Å². The van der Waals surface area contributed by atoms with Crippen molar-refractivity contribution < 1.29 is 27.2 Å². The number of rotatable bonds is 7. The van der Waals surface area contributed by atoms with Crippen molar-refractivity contribution in [1.82, 2.24) is 0 Å². The Balaban J connectivity index is 2.87. The van der Waals surface area contributed by atoms with E-state index in [9.17, 15) is 27.7 Å². The molecule has 0 fully saturated rings. The summed E-state index contributed by atoms with van der Waals surface area (Å²) in [5, 5.41) is 12.8. The van der Waals surface area contributed by atoms with Crippen LogP contribution < -0.4 is 10.1 Å². The topological polar surface area (TPSA) is 64.4 Å². The van der Waals surface area contributed by atoms with Gasteiger partial charge in [0.05, 0.1) is 18.1 Å². The van der Waals surface area contributed by atoms with Gasteiger partial charge < -0.3 is 10.1 Å². The van der Waals surface area contributed by atoms with Crippen molar-refractivity contribution in [3.05, 3.63) is 28.3 Å². The highest BCUT2D eigenvalue weighted by Gasteiger charge is 2.40. The lowest BCUT2D eigenvalue weighted by Gasteiger charge is -2.17. The maximum Gasteiger partial charge on any atom is 0.324 e. The first-order valence-corrected chi connectivity index (χ1v) is 5.59. The summed E-state index contributed by atoms with van der Waals surface area (Å²) in [6, 6.07) is 3.30. The van der Waals surface area contributed by atoms with Crippen LogP contribution in [0, 0.1) is 10.1 Å². The molecule has 0 unspecified atom stereocenters. The summed E-state index contributed by atoms with van der Waals surface area (Å²) >= 11 is 0. The molecule has 0 aliphatic rings. The molecule has 0 aromatic heterocycles. The maximum absolute atomic E-state index is 12.7. The lowest BCUT2D eigenvalue weighted by atomic mass is 10.2. The Morgan fingerprint density at radius 3 is 2.60 bits per heavy atom. The summed E-state index contributed by atoms with van der Waals surface area (Å²) < 4.78 is 54.4. The summed E-state index contributed by atoms with van der Waals surface area (Å²) in [6.45, 7) is 0.445. The van der Waals surface area contributed by atoms with Crippen LogP contribution in [0.4, 0.5) is 28.9 Å². The molecule has 1 N–H and O–H groups in total. The van der Waals surface area contributed by atoms with Gasteiger partial charge in [-0.25, -0.2) is 8.78 Å². The number of hydrogen-bond acceptors (Lipinski definition) is 4. The van der Waals surface area contributed by atoms with Gasteiger partial charge in [0.1, 0.15) is 0 Å².